The summed E-state index contributed by atoms with van der Waals surface area (Å²) in [5, 5.41) is 0. The van der Waals surface area contributed by atoms with Gasteiger partial charge in [-0.3, -0.25) is 0 Å². The zero-order chi connectivity index (χ0) is 14.3. The Kier molecular flexibility index (Phi) is 4.97. The molecule has 0 unspecified atom stereocenters. The summed E-state index contributed by atoms with van der Waals surface area (Å²) in [5.41, 5.74) is -0.540. The Morgan fingerprint density at radius 3 is 2.55 bits per heavy atom. The Labute approximate surface area is 132 Å². The number of benzene rings is 1. The first-order chi connectivity index (χ1) is 8.79. The summed E-state index contributed by atoms with van der Waals surface area (Å²) in [6, 6.07) is 8.25. The first kappa shape index (κ1) is 17.1. The minimum atomic E-state index is -0.630. The number of nitrogens with zero attached hydrogens (tertiary/aromatic N) is 1. The van der Waals surface area contributed by atoms with Gasteiger partial charge in [0, 0.05) is 5.75 Å². The second-order valence-corrected chi connectivity index (χ2v) is 5.80. The van der Waals surface area contributed by atoms with Gasteiger partial charge in [0.2, 0.25) is 0 Å². The SMILES string of the molecule is COc1ccc[c-]c1C(=O)N1C(C)(C)COC1(C)C.[Li+]. The van der Waals surface area contributed by atoms with Crippen molar-refractivity contribution in [3.8, 4) is 5.75 Å². The fourth-order valence-corrected chi connectivity index (χ4v) is 2.60. The molecule has 0 aliphatic carbocycles. The molecule has 0 bridgehead atoms. The van der Waals surface area contributed by atoms with Crippen LogP contribution >= 0.6 is 0 Å². The molecule has 1 fully saturated rings. The second-order valence-electron chi connectivity index (χ2n) is 5.80. The molecule has 1 amide bonds. The maximum atomic E-state index is 12.8. The zero-order valence-corrected chi connectivity index (χ0v) is 13.1. The van der Waals surface area contributed by atoms with Crippen LogP contribution in [-0.4, -0.2) is 35.8 Å². The molecule has 1 aliphatic heterocycles. The van der Waals surface area contributed by atoms with Gasteiger partial charge in [-0.2, -0.15) is 0 Å². The Morgan fingerprint density at radius 1 is 1.40 bits per heavy atom. The minimum Gasteiger partial charge on any atom is -0.540 e. The van der Waals surface area contributed by atoms with Crippen LogP contribution in [0.3, 0.4) is 0 Å². The third-order valence-corrected chi connectivity index (χ3v) is 3.38. The van der Waals surface area contributed by atoms with Gasteiger partial charge in [0.25, 0.3) is 0 Å². The fourth-order valence-electron chi connectivity index (χ4n) is 2.60. The third kappa shape index (κ3) is 2.88. The molecule has 1 aromatic carbocycles. The zero-order valence-electron chi connectivity index (χ0n) is 13.1. The number of carbonyl (C=O) groups is 1. The molecule has 0 aromatic heterocycles. The molecular formula is C15H20LiNO3. The number of carbonyl (C=O) groups excluding carboxylic acids is 1. The molecule has 0 saturated carbocycles. The normalized spacial score (nSPS) is 19.4. The molecule has 5 heteroatoms. The quantitative estimate of drug-likeness (QED) is 0.536. The van der Waals surface area contributed by atoms with Crippen molar-refractivity contribution >= 4 is 5.91 Å². The molecule has 2 rings (SSSR count). The Balaban J connectivity index is 0.00000200. The summed E-state index contributed by atoms with van der Waals surface area (Å²) >= 11 is 0. The topological polar surface area (TPSA) is 38.8 Å². The first-order valence-electron chi connectivity index (χ1n) is 6.33. The summed E-state index contributed by atoms with van der Waals surface area (Å²) in [5.74, 6) is 0.413. The molecule has 104 valence electrons. The number of methoxy groups -OCH3 is 1. The molecule has 0 N–H and O–H groups in total. The molecule has 0 spiro atoms. The van der Waals surface area contributed by atoms with E-state index in [1.165, 1.54) is 0 Å². The van der Waals surface area contributed by atoms with E-state index in [0.29, 0.717) is 17.9 Å². The monoisotopic (exact) mass is 269 g/mol. The Hall–Kier alpha value is -0.953. The molecule has 0 atom stereocenters. The molecule has 1 heterocycles. The summed E-state index contributed by atoms with van der Waals surface area (Å²) in [7, 11) is 1.55. The number of rotatable bonds is 2. The van der Waals surface area contributed by atoms with Gasteiger partial charge < -0.3 is 19.2 Å². The van der Waals surface area contributed by atoms with Crippen molar-refractivity contribution in [3.05, 3.63) is 29.8 Å². The van der Waals surface area contributed by atoms with Crippen LogP contribution < -0.4 is 23.6 Å². The molecule has 1 aromatic rings. The van der Waals surface area contributed by atoms with Crippen molar-refractivity contribution in [2.75, 3.05) is 13.7 Å². The van der Waals surface area contributed by atoms with Gasteiger partial charge in [-0.25, -0.2) is 0 Å². The van der Waals surface area contributed by atoms with Crippen LogP contribution in [0.2, 0.25) is 0 Å². The Morgan fingerprint density at radius 2 is 2.05 bits per heavy atom. The standard InChI is InChI=1S/C15H20NO3.Li/c1-14(2)10-19-15(3,4)16(14)13(17)11-8-6-7-9-12(11)18-5;/h6-7,9H,10H2,1-5H3;/q-1;+1. The largest absolute Gasteiger partial charge is 1.00 e. The van der Waals surface area contributed by atoms with Crippen LogP contribution in [0.25, 0.3) is 0 Å². The second kappa shape index (κ2) is 5.81. The Bertz CT molecular complexity index is 484. The van der Waals surface area contributed by atoms with Gasteiger partial charge in [0.15, 0.2) is 5.91 Å². The van der Waals surface area contributed by atoms with E-state index in [9.17, 15) is 4.79 Å². The number of ether oxygens (including phenoxy) is 2. The van der Waals surface area contributed by atoms with E-state index in [2.05, 4.69) is 6.07 Å². The summed E-state index contributed by atoms with van der Waals surface area (Å²) < 4.78 is 11.0. The van der Waals surface area contributed by atoms with Crippen LogP contribution in [0.4, 0.5) is 0 Å². The maximum Gasteiger partial charge on any atom is 1.00 e. The number of amides is 1. The van der Waals surface area contributed by atoms with Crippen LogP contribution in [0.5, 0.6) is 5.75 Å². The molecule has 0 radical (unpaired) electrons. The molecule has 1 aliphatic rings. The predicted molar refractivity (Wildman–Crippen MR) is 72.1 cm³/mol. The van der Waals surface area contributed by atoms with E-state index in [-0.39, 0.29) is 30.3 Å². The van der Waals surface area contributed by atoms with Crippen molar-refractivity contribution in [2.45, 2.75) is 39.0 Å². The van der Waals surface area contributed by atoms with Crippen molar-refractivity contribution in [3.63, 3.8) is 0 Å². The van der Waals surface area contributed by atoms with E-state index >= 15 is 0 Å². The predicted octanol–water partition coefficient (Wildman–Crippen LogP) is -0.514. The van der Waals surface area contributed by atoms with E-state index < -0.39 is 5.72 Å². The van der Waals surface area contributed by atoms with Crippen molar-refractivity contribution in [2.24, 2.45) is 0 Å². The smallest absolute Gasteiger partial charge is 0.540 e. The van der Waals surface area contributed by atoms with Gasteiger partial charge in [0.1, 0.15) is 5.72 Å². The van der Waals surface area contributed by atoms with Gasteiger partial charge in [0.05, 0.1) is 19.3 Å². The summed E-state index contributed by atoms with van der Waals surface area (Å²) in [6.07, 6.45) is 0. The van der Waals surface area contributed by atoms with Crippen LogP contribution in [0, 0.1) is 6.07 Å². The maximum absolute atomic E-state index is 12.8. The van der Waals surface area contributed by atoms with E-state index in [4.69, 9.17) is 9.47 Å². The first-order valence-corrected chi connectivity index (χ1v) is 6.33. The van der Waals surface area contributed by atoms with Crippen LogP contribution in [-0.2, 0) is 4.74 Å². The minimum absolute atomic E-state index is 0. The van der Waals surface area contributed by atoms with E-state index in [1.54, 1.807) is 30.2 Å². The van der Waals surface area contributed by atoms with Gasteiger partial charge in [-0.1, -0.05) is 0 Å². The van der Waals surface area contributed by atoms with Crippen LogP contribution in [0.1, 0.15) is 38.1 Å². The number of hydrogen-bond acceptors (Lipinski definition) is 3. The van der Waals surface area contributed by atoms with E-state index in [1.807, 2.05) is 27.7 Å². The average molecular weight is 269 g/mol. The third-order valence-electron chi connectivity index (χ3n) is 3.38. The summed E-state index contributed by atoms with van der Waals surface area (Å²) in [6.45, 7) is 8.30. The van der Waals surface area contributed by atoms with Gasteiger partial charge >= 0.3 is 18.9 Å². The van der Waals surface area contributed by atoms with Gasteiger partial charge in [-0.15, -0.1) is 24.3 Å². The molecule has 20 heavy (non-hydrogen) atoms. The van der Waals surface area contributed by atoms with Crippen LogP contribution in [0.15, 0.2) is 18.2 Å². The average Bonchev–Trinajstić information content (AvgIpc) is 2.58. The fraction of sp³-hybridized carbons (Fsp3) is 0.533. The molecular weight excluding hydrogens is 249 g/mol. The number of hydrogen-bond donors (Lipinski definition) is 0. The van der Waals surface area contributed by atoms with Crippen molar-refractivity contribution in [1.29, 1.82) is 0 Å². The molecule has 1 saturated heterocycles. The van der Waals surface area contributed by atoms with Crippen molar-refractivity contribution < 1.29 is 33.1 Å². The molecule has 4 nitrogen and oxygen atoms in total. The summed E-state index contributed by atoms with van der Waals surface area (Å²) in [4.78, 5) is 14.6. The van der Waals surface area contributed by atoms with Gasteiger partial charge in [-0.05, 0) is 33.3 Å². The van der Waals surface area contributed by atoms with E-state index in [0.717, 1.165) is 0 Å². The van der Waals surface area contributed by atoms with Crippen molar-refractivity contribution in [1.82, 2.24) is 4.90 Å².